The predicted molar refractivity (Wildman–Crippen MR) is 84.8 cm³/mol. The predicted octanol–water partition coefficient (Wildman–Crippen LogP) is 4.02. The maximum absolute atomic E-state index is 13.7. The number of hydrogen-bond donors (Lipinski definition) is 1. The second kappa shape index (κ2) is 6.86. The van der Waals surface area contributed by atoms with Crippen molar-refractivity contribution < 1.29 is 4.39 Å². The quantitative estimate of drug-likeness (QED) is 0.865. The second-order valence-corrected chi connectivity index (χ2v) is 6.46. The van der Waals surface area contributed by atoms with Crippen LogP contribution in [0.4, 0.5) is 10.1 Å². The third-order valence-corrected chi connectivity index (χ3v) is 4.13. The molecular weight excluding hydrogens is 271 g/mol. The van der Waals surface area contributed by atoms with E-state index in [1.807, 2.05) is 24.1 Å². The summed E-state index contributed by atoms with van der Waals surface area (Å²) in [6, 6.07) is 11.6. The van der Waals surface area contributed by atoms with Crippen molar-refractivity contribution in [2.75, 3.05) is 11.9 Å². The van der Waals surface area contributed by atoms with Gasteiger partial charge < -0.3 is 10.2 Å². The highest BCUT2D eigenvalue weighted by atomic mass is 32.1. The van der Waals surface area contributed by atoms with Gasteiger partial charge in [0.2, 0.25) is 0 Å². The minimum absolute atomic E-state index is 0.173. The molecule has 1 heterocycles. The largest absolute Gasteiger partial charge is 0.367 e. The molecule has 1 aromatic carbocycles. The molecule has 0 atom stereocenters. The van der Waals surface area contributed by atoms with E-state index in [0.717, 1.165) is 13.1 Å². The first-order valence-electron chi connectivity index (χ1n) is 6.83. The number of benzene rings is 1. The summed E-state index contributed by atoms with van der Waals surface area (Å²) < 4.78 is 13.7. The summed E-state index contributed by atoms with van der Waals surface area (Å²) in [4.78, 5) is 4.51. The lowest BCUT2D eigenvalue weighted by molar-refractivity contribution is 0.593. The van der Waals surface area contributed by atoms with Crippen LogP contribution in [-0.2, 0) is 13.1 Å². The van der Waals surface area contributed by atoms with Gasteiger partial charge in [0.15, 0.2) is 0 Å². The molecule has 0 unspecified atom stereocenters. The molecule has 2 rings (SSSR count). The van der Waals surface area contributed by atoms with Crippen LogP contribution in [0.5, 0.6) is 0 Å². The maximum atomic E-state index is 13.7. The zero-order chi connectivity index (χ0) is 14.5. The van der Waals surface area contributed by atoms with Gasteiger partial charge in [-0.15, -0.1) is 11.3 Å². The van der Waals surface area contributed by atoms with Crippen molar-refractivity contribution in [3.05, 3.63) is 52.0 Å². The number of hydrogen-bond acceptors (Lipinski definition) is 3. The van der Waals surface area contributed by atoms with E-state index < -0.39 is 0 Å². The number of anilines is 1. The molecule has 2 aromatic rings. The molecular formula is C16H21FN2S. The molecule has 0 aliphatic rings. The normalized spacial score (nSPS) is 11.1. The van der Waals surface area contributed by atoms with Crippen LogP contribution in [0.15, 0.2) is 36.4 Å². The third kappa shape index (κ3) is 4.05. The van der Waals surface area contributed by atoms with Crippen molar-refractivity contribution in [2.45, 2.75) is 33.0 Å². The van der Waals surface area contributed by atoms with Crippen molar-refractivity contribution >= 4 is 17.0 Å². The Balaban J connectivity index is 1.98. The van der Waals surface area contributed by atoms with Crippen molar-refractivity contribution in [1.29, 1.82) is 0 Å². The highest BCUT2D eigenvalue weighted by Crippen LogP contribution is 2.23. The van der Waals surface area contributed by atoms with Crippen LogP contribution in [0.1, 0.15) is 23.6 Å². The molecule has 0 radical (unpaired) electrons. The Morgan fingerprint density at radius 1 is 1.15 bits per heavy atom. The summed E-state index contributed by atoms with van der Waals surface area (Å²) >= 11 is 1.78. The molecule has 0 spiro atoms. The SMILES string of the molecule is CC(C)NCc1ccc(CN(C)c2ccccc2F)s1. The minimum atomic E-state index is -0.173. The van der Waals surface area contributed by atoms with Crippen molar-refractivity contribution in [2.24, 2.45) is 0 Å². The fourth-order valence-electron chi connectivity index (χ4n) is 1.99. The summed E-state index contributed by atoms with van der Waals surface area (Å²) in [6.07, 6.45) is 0. The molecule has 108 valence electrons. The van der Waals surface area contributed by atoms with Gasteiger partial charge in [-0.1, -0.05) is 26.0 Å². The lowest BCUT2D eigenvalue weighted by atomic mass is 10.3. The molecule has 0 amide bonds. The molecule has 20 heavy (non-hydrogen) atoms. The Morgan fingerprint density at radius 2 is 1.85 bits per heavy atom. The Bertz CT molecular complexity index is 551. The van der Waals surface area contributed by atoms with Crippen molar-refractivity contribution in [1.82, 2.24) is 5.32 Å². The van der Waals surface area contributed by atoms with E-state index in [4.69, 9.17) is 0 Å². The number of nitrogens with zero attached hydrogens (tertiary/aromatic N) is 1. The van der Waals surface area contributed by atoms with Gasteiger partial charge in [0.1, 0.15) is 5.82 Å². The fraction of sp³-hybridized carbons (Fsp3) is 0.375. The molecule has 0 bridgehead atoms. The van der Waals surface area contributed by atoms with E-state index in [-0.39, 0.29) is 5.82 Å². The van der Waals surface area contributed by atoms with Gasteiger partial charge in [0.05, 0.1) is 12.2 Å². The molecule has 0 saturated heterocycles. The van der Waals surface area contributed by atoms with Crippen LogP contribution in [0.25, 0.3) is 0 Å². The Labute approximate surface area is 124 Å². The number of thiophene rings is 1. The standard InChI is InChI=1S/C16H21FN2S/c1-12(2)18-10-13-8-9-14(20-13)11-19(3)16-7-5-4-6-15(16)17/h4-9,12,18H,10-11H2,1-3H3. The zero-order valence-electron chi connectivity index (χ0n) is 12.2. The zero-order valence-corrected chi connectivity index (χ0v) is 13.0. The molecule has 4 heteroatoms. The fourth-order valence-corrected chi connectivity index (χ4v) is 3.01. The van der Waals surface area contributed by atoms with Gasteiger partial charge in [-0.05, 0) is 24.3 Å². The average Bonchev–Trinajstić information content (AvgIpc) is 2.84. The highest BCUT2D eigenvalue weighted by Gasteiger charge is 2.09. The van der Waals surface area contributed by atoms with E-state index in [2.05, 4.69) is 31.3 Å². The number of rotatable bonds is 6. The second-order valence-electron chi connectivity index (χ2n) is 5.21. The molecule has 1 N–H and O–H groups in total. The first-order valence-corrected chi connectivity index (χ1v) is 7.64. The smallest absolute Gasteiger partial charge is 0.146 e. The van der Waals surface area contributed by atoms with Crippen LogP contribution in [0, 0.1) is 5.82 Å². The first kappa shape index (κ1) is 15.0. The van der Waals surface area contributed by atoms with Crippen LogP contribution < -0.4 is 10.2 Å². The molecule has 0 aliphatic heterocycles. The van der Waals surface area contributed by atoms with Gasteiger partial charge in [0, 0.05) is 29.4 Å². The summed E-state index contributed by atoms with van der Waals surface area (Å²) in [7, 11) is 1.92. The summed E-state index contributed by atoms with van der Waals surface area (Å²) in [6.45, 7) is 5.90. The monoisotopic (exact) mass is 292 g/mol. The molecule has 2 nitrogen and oxygen atoms in total. The summed E-state index contributed by atoms with van der Waals surface area (Å²) in [5, 5.41) is 3.41. The van der Waals surface area contributed by atoms with E-state index in [1.54, 1.807) is 17.4 Å². The van der Waals surface area contributed by atoms with Crippen LogP contribution in [0.3, 0.4) is 0 Å². The van der Waals surface area contributed by atoms with Gasteiger partial charge in [-0.25, -0.2) is 4.39 Å². The highest BCUT2D eigenvalue weighted by molar-refractivity contribution is 7.12. The summed E-state index contributed by atoms with van der Waals surface area (Å²) in [5.41, 5.74) is 0.641. The van der Waals surface area contributed by atoms with Gasteiger partial charge in [0.25, 0.3) is 0 Å². The molecule has 1 aromatic heterocycles. The van der Waals surface area contributed by atoms with Gasteiger partial charge in [-0.2, -0.15) is 0 Å². The van der Waals surface area contributed by atoms with E-state index in [0.29, 0.717) is 11.7 Å². The van der Waals surface area contributed by atoms with Gasteiger partial charge in [-0.3, -0.25) is 0 Å². The number of halogens is 1. The Hall–Kier alpha value is -1.39. The van der Waals surface area contributed by atoms with E-state index in [1.165, 1.54) is 15.8 Å². The molecule has 0 fully saturated rings. The van der Waals surface area contributed by atoms with Gasteiger partial charge >= 0.3 is 0 Å². The molecule has 0 saturated carbocycles. The average molecular weight is 292 g/mol. The van der Waals surface area contributed by atoms with E-state index in [9.17, 15) is 4.39 Å². The summed E-state index contributed by atoms with van der Waals surface area (Å²) in [5.74, 6) is -0.173. The van der Waals surface area contributed by atoms with Crippen LogP contribution in [-0.4, -0.2) is 13.1 Å². The van der Waals surface area contributed by atoms with Crippen LogP contribution in [0.2, 0.25) is 0 Å². The third-order valence-electron chi connectivity index (χ3n) is 3.06. The van der Waals surface area contributed by atoms with E-state index >= 15 is 0 Å². The molecule has 0 aliphatic carbocycles. The minimum Gasteiger partial charge on any atom is -0.367 e. The van der Waals surface area contributed by atoms with Crippen LogP contribution >= 0.6 is 11.3 Å². The lowest BCUT2D eigenvalue weighted by Crippen LogP contribution is -2.21. The number of para-hydroxylation sites is 1. The van der Waals surface area contributed by atoms with Crippen molar-refractivity contribution in [3.8, 4) is 0 Å². The lowest BCUT2D eigenvalue weighted by Gasteiger charge is -2.18. The number of nitrogens with one attached hydrogen (secondary N) is 1. The maximum Gasteiger partial charge on any atom is 0.146 e. The Kier molecular flexibility index (Phi) is 5.15. The first-order chi connectivity index (χ1) is 9.56. The Morgan fingerprint density at radius 3 is 2.55 bits per heavy atom. The van der Waals surface area contributed by atoms with Crippen molar-refractivity contribution in [3.63, 3.8) is 0 Å². The topological polar surface area (TPSA) is 15.3 Å².